The van der Waals surface area contributed by atoms with E-state index < -0.39 is 0 Å². The summed E-state index contributed by atoms with van der Waals surface area (Å²) >= 11 is 0. The van der Waals surface area contributed by atoms with E-state index >= 15 is 0 Å². The quantitative estimate of drug-likeness (QED) is 0.705. The molecule has 0 radical (unpaired) electrons. The van der Waals surface area contributed by atoms with Crippen molar-refractivity contribution in [3.8, 4) is 0 Å². The number of nitrogens with zero attached hydrogens (tertiary/aromatic N) is 1. The number of nitrogens with one attached hydrogen (secondary N) is 1. The summed E-state index contributed by atoms with van der Waals surface area (Å²) in [6.07, 6.45) is 1.28. The van der Waals surface area contributed by atoms with Gasteiger partial charge in [-0.2, -0.15) is 0 Å². The van der Waals surface area contributed by atoms with Gasteiger partial charge in [0.05, 0.1) is 13.2 Å². The molecule has 16 heavy (non-hydrogen) atoms. The molecule has 0 saturated carbocycles. The number of carbonyl (C=O) groups excluding carboxylic acids is 1. The highest BCUT2D eigenvalue weighted by molar-refractivity contribution is 5.77. The second-order valence-corrected chi connectivity index (χ2v) is 4.98. The first-order valence-corrected chi connectivity index (χ1v) is 6.09. The molecule has 1 fully saturated rings. The summed E-state index contributed by atoms with van der Waals surface area (Å²) in [6, 6.07) is 0. The van der Waals surface area contributed by atoms with Gasteiger partial charge >= 0.3 is 0 Å². The van der Waals surface area contributed by atoms with Crippen LogP contribution in [0.25, 0.3) is 0 Å². The van der Waals surface area contributed by atoms with Crippen molar-refractivity contribution in [1.82, 2.24) is 10.2 Å². The first-order chi connectivity index (χ1) is 7.61. The van der Waals surface area contributed by atoms with Crippen molar-refractivity contribution in [2.75, 3.05) is 39.9 Å². The highest BCUT2D eigenvalue weighted by Gasteiger charge is 2.22. The summed E-state index contributed by atoms with van der Waals surface area (Å²) < 4.78 is 4.89. The molecule has 0 aliphatic carbocycles. The van der Waals surface area contributed by atoms with Gasteiger partial charge in [-0.05, 0) is 18.3 Å². The molecule has 0 aromatic carbocycles. The van der Waals surface area contributed by atoms with Gasteiger partial charge in [-0.1, -0.05) is 13.8 Å². The van der Waals surface area contributed by atoms with E-state index in [2.05, 4.69) is 24.1 Å². The predicted molar refractivity (Wildman–Crippen MR) is 64.3 cm³/mol. The van der Waals surface area contributed by atoms with Gasteiger partial charge in [-0.25, -0.2) is 0 Å². The summed E-state index contributed by atoms with van der Waals surface area (Å²) in [5, 5.41) is 2.85. The molecule has 4 heteroatoms. The number of amides is 1. The number of ether oxygens (including phenoxy) is 1. The lowest BCUT2D eigenvalue weighted by molar-refractivity contribution is -0.123. The van der Waals surface area contributed by atoms with Crippen LogP contribution in [0.1, 0.15) is 20.3 Å². The number of methoxy groups -OCH3 is 1. The Morgan fingerprint density at radius 2 is 2.00 bits per heavy atom. The first-order valence-electron chi connectivity index (χ1n) is 6.09. The molecule has 0 aromatic heterocycles. The molecular weight excluding hydrogens is 204 g/mol. The zero-order valence-electron chi connectivity index (χ0n) is 10.7. The maximum Gasteiger partial charge on any atom is 0.234 e. The van der Waals surface area contributed by atoms with E-state index in [0.29, 0.717) is 31.5 Å². The fraction of sp³-hybridized carbons (Fsp3) is 0.917. The highest BCUT2D eigenvalue weighted by Crippen LogP contribution is 2.20. The Morgan fingerprint density at radius 1 is 1.38 bits per heavy atom. The van der Waals surface area contributed by atoms with Gasteiger partial charge in [-0.15, -0.1) is 0 Å². The minimum atomic E-state index is 0.110. The van der Waals surface area contributed by atoms with E-state index in [1.807, 2.05) is 0 Å². The number of rotatable bonds is 5. The Hall–Kier alpha value is -0.610. The van der Waals surface area contributed by atoms with Gasteiger partial charge in [0.25, 0.3) is 0 Å². The van der Waals surface area contributed by atoms with E-state index in [1.165, 1.54) is 6.42 Å². The number of hydrogen-bond acceptors (Lipinski definition) is 3. The van der Waals surface area contributed by atoms with Crippen molar-refractivity contribution in [2.24, 2.45) is 11.8 Å². The average Bonchev–Trinajstić information content (AvgIpc) is 2.16. The Labute approximate surface area is 98.3 Å². The maximum atomic E-state index is 11.6. The minimum Gasteiger partial charge on any atom is -0.383 e. The predicted octanol–water partition coefficient (Wildman–Crippen LogP) is 0.727. The van der Waals surface area contributed by atoms with E-state index in [4.69, 9.17) is 4.74 Å². The zero-order valence-corrected chi connectivity index (χ0v) is 10.7. The molecular formula is C12H24N2O2. The molecule has 1 rings (SSSR count). The SMILES string of the molecule is COCCNC(=O)CN1CC(C)CC(C)C1. The molecule has 1 aliphatic rings. The second-order valence-electron chi connectivity index (χ2n) is 4.98. The van der Waals surface area contributed by atoms with Crippen LogP contribution in [-0.4, -0.2) is 50.7 Å². The van der Waals surface area contributed by atoms with Crippen LogP contribution in [0.3, 0.4) is 0 Å². The third-order valence-electron chi connectivity index (χ3n) is 2.94. The zero-order chi connectivity index (χ0) is 12.0. The molecule has 2 unspecified atom stereocenters. The molecule has 1 saturated heterocycles. The Morgan fingerprint density at radius 3 is 2.56 bits per heavy atom. The average molecular weight is 228 g/mol. The van der Waals surface area contributed by atoms with Gasteiger partial charge in [0.1, 0.15) is 0 Å². The van der Waals surface area contributed by atoms with Crippen molar-refractivity contribution in [3.63, 3.8) is 0 Å². The van der Waals surface area contributed by atoms with Crippen LogP contribution in [0.4, 0.5) is 0 Å². The second kappa shape index (κ2) is 6.86. The van der Waals surface area contributed by atoms with Crippen molar-refractivity contribution in [1.29, 1.82) is 0 Å². The first kappa shape index (κ1) is 13.5. The van der Waals surface area contributed by atoms with Crippen molar-refractivity contribution >= 4 is 5.91 Å². The number of piperidine rings is 1. The van der Waals surface area contributed by atoms with Crippen molar-refractivity contribution in [2.45, 2.75) is 20.3 Å². The van der Waals surface area contributed by atoms with Crippen LogP contribution in [0.2, 0.25) is 0 Å². The Kier molecular flexibility index (Phi) is 5.77. The van der Waals surface area contributed by atoms with Gasteiger partial charge < -0.3 is 10.1 Å². The molecule has 0 aromatic rings. The van der Waals surface area contributed by atoms with Crippen LogP contribution in [0, 0.1) is 11.8 Å². The molecule has 94 valence electrons. The Bertz CT molecular complexity index is 211. The molecule has 1 N–H and O–H groups in total. The van der Waals surface area contributed by atoms with E-state index in [0.717, 1.165) is 13.1 Å². The standard InChI is InChI=1S/C12H24N2O2/c1-10-6-11(2)8-14(7-10)9-12(15)13-4-5-16-3/h10-11H,4-9H2,1-3H3,(H,13,15). The van der Waals surface area contributed by atoms with Gasteiger partial charge in [0, 0.05) is 26.7 Å². The molecule has 1 amide bonds. The van der Waals surface area contributed by atoms with Crippen molar-refractivity contribution in [3.05, 3.63) is 0 Å². The third-order valence-corrected chi connectivity index (χ3v) is 2.94. The summed E-state index contributed by atoms with van der Waals surface area (Å²) in [5.74, 6) is 1.52. The van der Waals surface area contributed by atoms with Crippen LogP contribution in [0.5, 0.6) is 0 Å². The van der Waals surface area contributed by atoms with Gasteiger partial charge in [0.2, 0.25) is 5.91 Å². The van der Waals surface area contributed by atoms with Gasteiger partial charge in [-0.3, -0.25) is 9.69 Å². The third kappa shape index (κ3) is 4.94. The smallest absolute Gasteiger partial charge is 0.234 e. The fourth-order valence-electron chi connectivity index (χ4n) is 2.47. The van der Waals surface area contributed by atoms with Crippen LogP contribution in [-0.2, 0) is 9.53 Å². The summed E-state index contributed by atoms with van der Waals surface area (Å²) in [5.41, 5.74) is 0. The topological polar surface area (TPSA) is 41.6 Å². The molecule has 0 spiro atoms. The Balaban J connectivity index is 2.22. The largest absolute Gasteiger partial charge is 0.383 e. The minimum absolute atomic E-state index is 0.110. The van der Waals surface area contributed by atoms with Crippen molar-refractivity contribution < 1.29 is 9.53 Å². The highest BCUT2D eigenvalue weighted by atomic mass is 16.5. The van der Waals surface area contributed by atoms with Crippen LogP contribution >= 0.6 is 0 Å². The molecule has 0 bridgehead atoms. The van der Waals surface area contributed by atoms with E-state index in [9.17, 15) is 4.79 Å². The van der Waals surface area contributed by atoms with Crippen LogP contribution < -0.4 is 5.32 Å². The summed E-state index contributed by atoms with van der Waals surface area (Å²) in [4.78, 5) is 13.8. The lowest BCUT2D eigenvalue weighted by atomic mass is 9.92. The maximum absolute atomic E-state index is 11.6. The number of hydrogen-bond donors (Lipinski definition) is 1. The molecule has 4 nitrogen and oxygen atoms in total. The van der Waals surface area contributed by atoms with Crippen LogP contribution in [0.15, 0.2) is 0 Å². The summed E-state index contributed by atoms with van der Waals surface area (Å²) in [7, 11) is 1.64. The monoisotopic (exact) mass is 228 g/mol. The molecule has 1 heterocycles. The summed E-state index contributed by atoms with van der Waals surface area (Å²) in [6.45, 7) is 8.31. The number of likely N-dealkylation sites (tertiary alicyclic amines) is 1. The molecule has 2 atom stereocenters. The molecule has 1 aliphatic heterocycles. The fourth-order valence-corrected chi connectivity index (χ4v) is 2.47. The number of carbonyl (C=O) groups is 1. The lowest BCUT2D eigenvalue weighted by Crippen LogP contribution is -2.45. The normalized spacial score (nSPS) is 26.7. The van der Waals surface area contributed by atoms with Gasteiger partial charge in [0.15, 0.2) is 0 Å². The van der Waals surface area contributed by atoms with E-state index in [-0.39, 0.29) is 5.91 Å². The lowest BCUT2D eigenvalue weighted by Gasteiger charge is -2.34. The van der Waals surface area contributed by atoms with E-state index in [1.54, 1.807) is 7.11 Å².